The molecule has 1 saturated carbocycles. The fourth-order valence-corrected chi connectivity index (χ4v) is 6.29. The first-order chi connectivity index (χ1) is 18.9. The molecule has 0 aromatic carbocycles. The topological polar surface area (TPSA) is 303 Å². The van der Waals surface area contributed by atoms with E-state index in [1.165, 1.54) is 0 Å². The molecule has 3 aliphatic heterocycles. The average Bonchev–Trinajstić information content (AvgIpc) is 3.21. The number of nitrogens with two attached hydrogens (primary N) is 6. The Morgan fingerprint density at radius 1 is 0.775 bits per heavy atom. The molecule has 17 N–H and O–H groups in total. The molecule has 16 nitrogen and oxygen atoms in total. The normalized spacial score (nSPS) is 53.0. The van der Waals surface area contributed by atoms with E-state index < -0.39 is 104 Å². The van der Waals surface area contributed by atoms with Gasteiger partial charge in [0.1, 0.15) is 36.6 Å². The maximum Gasteiger partial charge on any atom is 0.187 e. The van der Waals surface area contributed by atoms with Gasteiger partial charge in [-0.15, -0.1) is 0 Å². The van der Waals surface area contributed by atoms with Crippen molar-refractivity contribution in [3.05, 3.63) is 0 Å². The molecular formula is C24H48N6O10. The second-order valence-corrected chi connectivity index (χ2v) is 11.6. The van der Waals surface area contributed by atoms with Gasteiger partial charge in [0.25, 0.3) is 0 Å². The summed E-state index contributed by atoms with van der Waals surface area (Å²) in [5.74, 6) is -0.619. The number of rotatable bonds is 8. The zero-order valence-electron chi connectivity index (χ0n) is 22.7. The predicted molar refractivity (Wildman–Crippen MR) is 139 cm³/mol. The van der Waals surface area contributed by atoms with Crippen LogP contribution in [0.3, 0.4) is 0 Å². The standard InChI is InChI=1S/C24H48N6O10/c1-7(26)11-3-2-8(27)20(36-11)14-9(28)4-10(29)16(32)22(14)40-24-19(35)21(13(6-31)38-24)39-23-15(30)18(34)17(33)12(5-25)37-23/h7-24,31-35H,2-6,25-30H2,1H3/t7-,8+,9-,10+,11-,12-,13+,14-,15+,16-,17+,18+,19+,20?,21+,22-,23+,24-/m0/s1. The van der Waals surface area contributed by atoms with Gasteiger partial charge in [0.05, 0.1) is 37.1 Å². The van der Waals surface area contributed by atoms with Crippen LogP contribution in [-0.4, -0.2) is 143 Å². The van der Waals surface area contributed by atoms with Crippen molar-refractivity contribution in [1.29, 1.82) is 0 Å². The lowest BCUT2D eigenvalue weighted by atomic mass is 9.72. The van der Waals surface area contributed by atoms with Crippen molar-refractivity contribution in [2.75, 3.05) is 13.2 Å². The second kappa shape index (κ2) is 13.3. The van der Waals surface area contributed by atoms with Crippen LogP contribution >= 0.6 is 0 Å². The first kappa shape index (κ1) is 32.3. The molecule has 4 fully saturated rings. The van der Waals surface area contributed by atoms with E-state index in [9.17, 15) is 25.5 Å². The van der Waals surface area contributed by atoms with E-state index in [0.717, 1.165) is 0 Å². The molecule has 1 aliphatic carbocycles. The van der Waals surface area contributed by atoms with Crippen molar-refractivity contribution >= 4 is 0 Å². The molecule has 4 rings (SSSR count). The van der Waals surface area contributed by atoms with E-state index in [4.69, 9.17) is 58.1 Å². The lowest BCUT2D eigenvalue weighted by molar-refractivity contribution is -0.280. The zero-order valence-corrected chi connectivity index (χ0v) is 22.7. The minimum Gasteiger partial charge on any atom is -0.394 e. The molecule has 0 bridgehead atoms. The molecule has 0 radical (unpaired) electrons. The molecular weight excluding hydrogens is 532 g/mol. The highest BCUT2D eigenvalue weighted by Gasteiger charge is 2.55. The molecule has 0 aromatic rings. The highest BCUT2D eigenvalue weighted by atomic mass is 16.7. The summed E-state index contributed by atoms with van der Waals surface area (Å²) in [4.78, 5) is 0. The van der Waals surface area contributed by atoms with Gasteiger partial charge in [-0.25, -0.2) is 0 Å². The van der Waals surface area contributed by atoms with E-state index in [0.29, 0.717) is 12.8 Å². The van der Waals surface area contributed by atoms with Crippen molar-refractivity contribution in [1.82, 2.24) is 0 Å². The van der Waals surface area contributed by atoms with Crippen LogP contribution in [0.4, 0.5) is 0 Å². The van der Waals surface area contributed by atoms with Crippen LogP contribution in [0, 0.1) is 5.92 Å². The van der Waals surface area contributed by atoms with Gasteiger partial charge in [0.15, 0.2) is 12.6 Å². The van der Waals surface area contributed by atoms with Gasteiger partial charge in [0.2, 0.25) is 0 Å². The van der Waals surface area contributed by atoms with Crippen LogP contribution in [0.5, 0.6) is 0 Å². The highest BCUT2D eigenvalue weighted by Crippen LogP contribution is 2.38. The van der Waals surface area contributed by atoms with E-state index >= 15 is 0 Å². The van der Waals surface area contributed by atoms with Crippen LogP contribution in [-0.2, 0) is 23.7 Å². The fourth-order valence-electron chi connectivity index (χ4n) is 6.29. The van der Waals surface area contributed by atoms with Gasteiger partial charge in [-0.1, -0.05) is 0 Å². The minimum absolute atomic E-state index is 0.125. The van der Waals surface area contributed by atoms with Crippen molar-refractivity contribution in [3.8, 4) is 0 Å². The first-order valence-electron chi connectivity index (χ1n) is 14.0. The summed E-state index contributed by atoms with van der Waals surface area (Å²) in [6, 6.07) is -3.13. The Hall–Kier alpha value is -0.640. The smallest absolute Gasteiger partial charge is 0.187 e. The molecule has 1 unspecified atom stereocenters. The number of aliphatic hydroxyl groups excluding tert-OH is 5. The Kier molecular flexibility index (Phi) is 10.8. The van der Waals surface area contributed by atoms with Gasteiger partial charge in [-0.3, -0.25) is 0 Å². The monoisotopic (exact) mass is 580 g/mol. The average molecular weight is 581 g/mol. The van der Waals surface area contributed by atoms with Crippen molar-refractivity contribution < 1.29 is 49.2 Å². The summed E-state index contributed by atoms with van der Waals surface area (Å²) in [6.07, 6.45) is -11.7. The summed E-state index contributed by atoms with van der Waals surface area (Å²) < 4.78 is 29.7. The largest absolute Gasteiger partial charge is 0.394 e. The van der Waals surface area contributed by atoms with E-state index in [-0.39, 0.29) is 25.1 Å². The summed E-state index contributed by atoms with van der Waals surface area (Å²) in [7, 11) is 0. The highest BCUT2D eigenvalue weighted by molar-refractivity contribution is 5.05. The number of hydrogen-bond acceptors (Lipinski definition) is 16. The maximum absolute atomic E-state index is 11.2. The third-order valence-electron chi connectivity index (χ3n) is 8.73. The maximum atomic E-state index is 11.2. The van der Waals surface area contributed by atoms with Crippen molar-refractivity contribution in [2.24, 2.45) is 40.3 Å². The van der Waals surface area contributed by atoms with Gasteiger partial charge in [0, 0.05) is 36.6 Å². The molecule has 40 heavy (non-hydrogen) atoms. The molecule has 234 valence electrons. The summed E-state index contributed by atoms with van der Waals surface area (Å²) in [5.41, 5.74) is 36.9. The SMILES string of the molecule is C[C@H](N)[C@@H]1CC[C@@H](N)C([C@H]2[C@H](O[C@@H]3O[C@H](CO)[C@@H](O[C@H]4O[C@@H](CN)[C@@H](O)[C@H](O)[C@H]4N)[C@H]3O)[C@@H](O)[C@H](N)C[C@@H]2N)O1. The van der Waals surface area contributed by atoms with Crippen LogP contribution in [0.25, 0.3) is 0 Å². The van der Waals surface area contributed by atoms with E-state index in [1.54, 1.807) is 0 Å². The quantitative estimate of drug-likeness (QED) is 0.127. The van der Waals surface area contributed by atoms with Crippen LogP contribution in [0.15, 0.2) is 0 Å². The Morgan fingerprint density at radius 3 is 2.05 bits per heavy atom. The van der Waals surface area contributed by atoms with Gasteiger partial charge in [-0.2, -0.15) is 0 Å². The first-order valence-corrected chi connectivity index (χ1v) is 14.0. The van der Waals surface area contributed by atoms with Gasteiger partial charge >= 0.3 is 0 Å². The summed E-state index contributed by atoms with van der Waals surface area (Å²) in [6.45, 7) is 1.14. The van der Waals surface area contributed by atoms with E-state index in [2.05, 4.69) is 0 Å². The van der Waals surface area contributed by atoms with Crippen LogP contribution in [0.2, 0.25) is 0 Å². The molecule has 0 amide bonds. The molecule has 18 atom stereocenters. The van der Waals surface area contributed by atoms with Crippen molar-refractivity contribution in [3.63, 3.8) is 0 Å². The predicted octanol–water partition coefficient (Wildman–Crippen LogP) is -6.17. The Labute approximate surface area is 233 Å². The number of hydrogen-bond donors (Lipinski definition) is 11. The van der Waals surface area contributed by atoms with Gasteiger partial charge in [-0.05, 0) is 26.2 Å². The van der Waals surface area contributed by atoms with E-state index in [1.807, 2.05) is 6.92 Å². The number of ether oxygens (including phenoxy) is 5. The van der Waals surface area contributed by atoms with Gasteiger partial charge < -0.3 is 83.6 Å². The lowest BCUT2D eigenvalue weighted by Crippen LogP contribution is -2.67. The number of aliphatic hydroxyl groups is 5. The molecule has 16 heteroatoms. The third kappa shape index (κ3) is 6.33. The van der Waals surface area contributed by atoms with Crippen LogP contribution in [0.1, 0.15) is 26.2 Å². The lowest BCUT2D eigenvalue weighted by Gasteiger charge is -2.50. The zero-order chi connectivity index (χ0) is 29.5. The molecule has 0 spiro atoms. The molecule has 4 aliphatic rings. The Morgan fingerprint density at radius 2 is 1.43 bits per heavy atom. The fraction of sp³-hybridized carbons (Fsp3) is 1.00. The Balaban J connectivity index is 1.52. The molecule has 0 aromatic heterocycles. The molecule has 3 saturated heterocycles. The second-order valence-electron chi connectivity index (χ2n) is 11.6. The van der Waals surface area contributed by atoms with Crippen LogP contribution < -0.4 is 34.4 Å². The van der Waals surface area contributed by atoms with Crippen molar-refractivity contribution in [2.45, 2.75) is 130 Å². The summed E-state index contributed by atoms with van der Waals surface area (Å²) in [5, 5.41) is 52.7. The minimum atomic E-state index is -1.49. The molecule has 3 heterocycles. The Bertz CT molecular complexity index is 818. The third-order valence-corrected chi connectivity index (χ3v) is 8.73. The summed E-state index contributed by atoms with van der Waals surface area (Å²) >= 11 is 0.